The van der Waals surface area contributed by atoms with Crippen molar-refractivity contribution in [2.24, 2.45) is 0 Å². The van der Waals surface area contributed by atoms with Crippen molar-refractivity contribution in [3.63, 3.8) is 0 Å². The topological polar surface area (TPSA) is 88.8 Å². The van der Waals surface area contributed by atoms with E-state index in [0.29, 0.717) is 48.0 Å². The average molecular weight is 445 g/mol. The van der Waals surface area contributed by atoms with Crippen LogP contribution in [0, 0.1) is 6.92 Å². The number of carbonyl (C=O) groups is 1. The van der Waals surface area contributed by atoms with Crippen molar-refractivity contribution >= 4 is 17.4 Å². The number of nitrogens with zero attached hydrogens (tertiary/aromatic N) is 6. The Hall–Kier alpha value is -3.50. The molecule has 0 saturated carbocycles. The van der Waals surface area contributed by atoms with E-state index in [0.717, 1.165) is 11.6 Å². The molecule has 3 aromatic rings. The normalized spacial score (nSPS) is 16.1. The second-order valence-corrected chi connectivity index (χ2v) is 7.80. The first-order valence-electron chi connectivity index (χ1n) is 10.1. The Morgan fingerprint density at radius 2 is 1.91 bits per heavy atom. The van der Waals surface area contributed by atoms with Gasteiger partial charge in [-0.2, -0.15) is 18.3 Å². The molecule has 1 aliphatic rings. The van der Waals surface area contributed by atoms with Crippen LogP contribution in [0.25, 0.3) is 0 Å². The maximum atomic E-state index is 12.6. The summed E-state index contributed by atoms with van der Waals surface area (Å²) in [6.07, 6.45) is 1.55. The van der Waals surface area contributed by atoms with E-state index in [4.69, 9.17) is 0 Å². The van der Waals surface area contributed by atoms with Crippen LogP contribution >= 0.6 is 0 Å². The van der Waals surface area contributed by atoms with Gasteiger partial charge >= 0.3 is 6.18 Å². The van der Waals surface area contributed by atoms with Crippen LogP contribution in [0.1, 0.15) is 35.3 Å². The van der Waals surface area contributed by atoms with E-state index in [2.05, 4.69) is 25.4 Å². The summed E-state index contributed by atoms with van der Waals surface area (Å²) in [6.45, 7) is 3.97. The summed E-state index contributed by atoms with van der Waals surface area (Å²) in [7, 11) is 1.83. The van der Waals surface area contributed by atoms with Crippen molar-refractivity contribution in [2.45, 2.75) is 45.5 Å². The molecule has 0 saturated heterocycles. The fraction of sp³-hybridized carbons (Fsp3) is 0.381. The Morgan fingerprint density at radius 1 is 1.12 bits per heavy atom. The molecule has 0 unspecified atom stereocenters. The van der Waals surface area contributed by atoms with Crippen LogP contribution in [-0.4, -0.2) is 43.7 Å². The SMILES string of the molecule is Cc1nc(CCc2cnn(Cc3ccc(C(F)(F)F)nc3)c2)nc2c1NC(=O)[C@@H](C)N2C. The first kappa shape index (κ1) is 21.7. The van der Waals surface area contributed by atoms with Gasteiger partial charge in [0.25, 0.3) is 0 Å². The first-order valence-corrected chi connectivity index (χ1v) is 10.1. The minimum absolute atomic E-state index is 0.0879. The maximum Gasteiger partial charge on any atom is 0.433 e. The van der Waals surface area contributed by atoms with Crippen LogP contribution < -0.4 is 10.2 Å². The molecule has 11 heteroatoms. The monoisotopic (exact) mass is 445 g/mol. The number of rotatable bonds is 5. The third-order valence-electron chi connectivity index (χ3n) is 5.44. The van der Waals surface area contributed by atoms with Crippen LogP contribution in [0.5, 0.6) is 0 Å². The highest BCUT2D eigenvalue weighted by atomic mass is 19.4. The summed E-state index contributed by atoms with van der Waals surface area (Å²) in [5.41, 5.74) is 2.02. The standard InChI is InChI=1S/C21H22F3N7O/c1-12-18-19(30(3)13(2)20(32)29-18)28-17(27-12)7-5-15-9-26-31(11-15)10-14-4-6-16(25-8-14)21(22,23)24/h4,6,8-9,11,13H,5,7,10H2,1-3H3,(H,29,32)/t13-/m1/s1. The highest BCUT2D eigenvalue weighted by molar-refractivity contribution is 6.02. The molecule has 1 N–H and O–H groups in total. The molecule has 0 bridgehead atoms. The Labute approximate surface area is 182 Å². The first-order chi connectivity index (χ1) is 15.1. The molecular formula is C21H22F3N7O. The minimum Gasteiger partial charge on any atom is -0.346 e. The van der Waals surface area contributed by atoms with E-state index in [1.165, 1.54) is 12.3 Å². The lowest BCUT2D eigenvalue weighted by atomic mass is 10.1. The van der Waals surface area contributed by atoms with Gasteiger partial charge in [0.1, 0.15) is 23.2 Å². The number of hydrogen-bond donors (Lipinski definition) is 1. The van der Waals surface area contributed by atoms with Gasteiger partial charge < -0.3 is 10.2 Å². The van der Waals surface area contributed by atoms with Gasteiger partial charge in [-0.05, 0) is 37.5 Å². The van der Waals surface area contributed by atoms with E-state index in [-0.39, 0.29) is 11.9 Å². The lowest BCUT2D eigenvalue weighted by Gasteiger charge is -2.32. The number of aryl methyl sites for hydroxylation is 3. The smallest absolute Gasteiger partial charge is 0.346 e. The molecule has 8 nitrogen and oxygen atoms in total. The fourth-order valence-electron chi connectivity index (χ4n) is 3.47. The Bertz CT molecular complexity index is 1140. The van der Waals surface area contributed by atoms with Crippen LogP contribution in [0.2, 0.25) is 0 Å². The number of nitrogens with one attached hydrogen (secondary N) is 1. The molecular weight excluding hydrogens is 423 g/mol. The van der Waals surface area contributed by atoms with Crippen molar-refractivity contribution in [3.8, 4) is 0 Å². The number of carbonyl (C=O) groups excluding carboxylic acids is 1. The number of fused-ring (bicyclic) bond motifs is 1. The van der Waals surface area contributed by atoms with Crippen LogP contribution in [-0.2, 0) is 30.4 Å². The highest BCUT2D eigenvalue weighted by Gasteiger charge is 2.32. The molecule has 4 heterocycles. The van der Waals surface area contributed by atoms with E-state index in [1.807, 2.05) is 32.0 Å². The largest absolute Gasteiger partial charge is 0.433 e. The van der Waals surface area contributed by atoms with Gasteiger partial charge in [0.05, 0.1) is 18.4 Å². The van der Waals surface area contributed by atoms with Gasteiger partial charge in [0.2, 0.25) is 5.91 Å². The number of likely N-dealkylation sites (N-methyl/N-ethyl adjacent to an activating group) is 1. The molecule has 4 rings (SSSR count). The van der Waals surface area contributed by atoms with Gasteiger partial charge in [0.15, 0.2) is 5.82 Å². The fourth-order valence-corrected chi connectivity index (χ4v) is 3.47. The average Bonchev–Trinajstić information content (AvgIpc) is 3.18. The second-order valence-electron chi connectivity index (χ2n) is 7.80. The quantitative estimate of drug-likeness (QED) is 0.650. The summed E-state index contributed by atoms with van der Waals surface area (Å²) in [5, 5.41) is 7.14. The number of halogens is 3. The van der Waals surface area contributed by atoms with Crippen molar-refractivity contribution in [1.82, 2.24) is 24.7 Å². The van der Waals surface area contributed by atoms with Crippen molar-refractivity contribution in [2.75, 3.05) is 17.3 Å². The molecule has 32 heavy (non-hydrogen) atoms. The maximum absolute atomic E-state index is 12.6. The summed E-state index contributed by atoms with van der Waals surface area (Å²) in [4.78, 5) is 26.5. The molecule has 0 spiro atoms. The highest BCUT2D eigenvalue weighted by Crippen LogP contribution is 2.31. The van der Waals surface area contributed by atoms with Crippen molar-refractivity contribution in [3.05, 3.63) is 59.1 Å². The van der Waals surface area contributed by atoms with E-state index >= 15 is 0 Å². The molecule has 168 valence electrons. The lowest BCUT2D eigenvalue weighted by Crippen LogP contribution is -2.45. The molecule has 3 aromatic heterocycles. The zero-order chi connectivity index (χ0) is 23.0. The third-order valence-corrected chi connectivity index (χ3v) is 5.44. The van der Waals surface area contributed by atoms with Crippen LogP contribution in [0.15, 0.2) is 30.7 Å². The second kappa shape index (κ2) is 8.21. The summed E-state index contributed by atoms with van der Waals surface area (Å²) in [6, 6.07) is 2.05. The molecule has 0 aromatic carbocycles. The molecule has 0 fully saturated rings. The van der Waals surface area contributed by atoms with Crippen molar-refractivity contribution < 1.29 is 18.0 Å². The summed E-state index contributed by atoms with van der Waals surface area (Å²) >= 11 is 0. The molecule has 1 aliphatic heterocycles. The zero-order valence-electron chi connectivity index (χ0n) is 17.8. The lowest BCUT2D eigenvalue weighted by molar-refractivity contribution is -0.141. The molecule has 0 aliphatic carbocycles. The number of aromatic nitrogens is 5. The Balaban J connectivity index is 1.42. The number of hydrogen-bond acceptors (Lipinski definition) is 6. The van der Waals surface area contributed by atoms with E-state index in [9.17, 15) is 18.0 Å². The number of anilines is 2. The van der Waals surface area contributed by atoms with Crippen molar-refractivity contribution in [1.29, 1.82) is 0 Å². The van der Waals surface area contributed by atoms with Crippen LogP contribution in [0.4, 0.5) is 24.7 Å². The third kappa shape index (κ3) is 4.41. The predicted octanol–water partition coefficient (Wildman–Crippen LogP) is 3.01. The Kier molecular flexibility index (Phi) is 5.57. The summed E-state index contributed by atoms with van der Waals surface area (Å²) in [5.74, 6) is 1.27. The molecule has 1 atom stereocenters. The van der Waals surface area contributed by atoms with E-state index < -0.39 is 11.9 Å². The molecule has 0 radical (unpaired) electrons. The van der Waals surface area contributed by atoms with Crippen LogP contribution in [0.3, 0.4) is 0 Å². The minimum atomic E-state index is -4.45. The van der Waals surface area contributed by atoms with Gasteiger partial charge in [-0.25, -0.2) is 9.97 Å². The summed E-state index contributed by atoms with van der Waals surface area (Å²) < 4.78 is 39.6. The number of pyridine rings is 1. The van der Waals surface area contributed by atoms with Gasteiger partial charge in [-0.1, -0.05) is 6.07 Å². The number of alkyl halides is 3. The molecule has 1 amide bonds. The van der Waals surface area contributed by atoms with Gasteiger partial charge in [-0.3, -0.25) is 14.5 Å². The van der Waals surface area contributed by atoms with Gasteiger partial charge in [-0.15, -0.1) is 0 Å². The Morgan fingerprint density at radius 3 is 2.59 bits per heavy atom. The number of amides is 1. The zero-order valence-corrected chi connectivity index (χ0v) is 17.8. The van der Waals surface area contributed by atoms with E-state index in [1.54, 1.807) is 10.9 Å². The predicted molar refractivity (Wildman–Crippen MR) is 111 cm³/mol. The van der Waals surface area contributed by atoms with Gasteiger partial charge in [0, 0.05) is 25.9 Å².